The van der Waals surface area contributed by atoms with Gasteiger partial charge < -0.3 is 4.74 Å². The second-order valence-electron chi connectivity index (χ2n) is 7.57. The molecule has 3 aromatic rings. The van der Waals surface area contributed by atoms with E-state index in [0.717, 1.165) is 44.0 Å². The molecule has 0 amide bonds. The topological polar surface area (TPSA) is 67.3 Å². The number of piperidine rings is 1. The number of ether oxygens (including phenoxy) is 1. The monoisotopic (exact) mass is 391 g/mol. The summed E-state index contributed by atoms with van der Waals surface area (Å²) < 4.78 is 7.53. The van der Waals surface area contributed by atoms with Gasteiger partial charge in [-0.3, -0.25) is 19.2 Å². The minimum Gasteiger partial charge on any atom is -0.457 e. The molecule has 6 nitrogen and oxygen atoms in total. The van der Waals surface area contributed by atoms with Crippen LogP contribution in [0.5, 0.6) is 11.5 Å². The molecule has 4 rings (SSSR count). The van der Waals surface area contributed by atoms with Gasteiger partial charge in [0.05, 0.1) is 6.04 Å². The number of rotatable bonds is 5. The Morgan fingerprint density at radius 3 is 2.52 bits per heavy atom. The summed E-state index contributed by atoms with van der Waals surface area (Å²) in [5, 5.41) is 0. The number of aryl methyl sites for hydroxylation is 1. The first kappa shape index (κ1) is 19.2. The molecule has 0 radical (unpaired) electrons. The van der Waals surface area contributed by atoms with E-state index >= 15 is 0 Å². The van der Waals surface area contributed by atoms with E-state index in [2.05, 4.69) is 22.0 Å². The van der Waals surface area contributed by atoms with Crippen LogP contribution in [0.15, 0.2) is 70.4 Å². The zero-order valence-electron chi connectivity index (χ0n) is 16.5. The molecule has 0 saturated carbocycles. The number of para-hydroxylation sites is 1. The summed E-state index contributed by atoms with van der Waals surface area (Å²) in [6.45, 7) is 4.33. The van der Waals surface area contributed by atoms with E-state index in [1.54, 1.807) is 17.7 Å². The van der Waals surface area contributed by atoms with Crippen molar-refractivity contribution in [3.63, 3.8) is 0 Å². The first-order valence-electron chi connectivity index (χ1n) is 9.95. The van der Waals surface area contributed by atoms with E-state index < -0.39 is 0 Å². The highest BCUT2D eigenvalue weighted by Crippen LogP contribution is 2.24. The van der Waals surface area contributed by atoms with Crippen molar-refractivity contribution in [3.05, 3.63) is 92.8 Å². The Morgan fingerprint density at radius 1 is 1.03 bits per heavy atom. The molecule has 2 aromatic carbocycles. The van der Waals surface area contributed by atoms with E-state index in [9.17, 15) is 9.59 Å². The van der Waals surface area contributed by atoms with Gasteiger partial charge in [0.1, 0.15) is 11.5 Å². The fourth-order valence-electron chi connectivity index (χ4n) is 3.80. The van der Waals surface area contributed by atoms with Gasteiger partial charge in [-0.15, -0.1) is 0 Å². The predicted molar refractivity (Wildman–Crippen MR) is 113 cm³/mol. The third-order valence-corrected chi connectivity index (χ3v) is 5.33. The number of hydrogen-bond donors (Lipinski definition) is 1. The summed E-state index contributed by atoms with van der Waals surface area (Å²) in [4.78, 5) is 28.6. The molecule has 1 fully saturated rings. The van der Waals surface area contributed by atoms with E-state index in [4.69, 9.17) is 4.74 Å². The molecule has 0 bridgehead atoms. The molecule has 0 aliphatic carbocycles. The minimum absolute atomic E-state index is 0.0764. The molecular formula is C23H25N3O3. The summed E-state index contributed by atoms with van der Waals surface area (Å²) in [5.74, 6) is 1.63. The highest BCUT2D eigenvalue weighted by Gasteiger charge is 2.22. The molecule has 1 aliphatic heterocycles. The van der Waals surface area contributed by atoms with Crippen LogP contribution in [-0.4, -0.2) is 27.5 Å². The summed E-state index contributed by atoms with van der Waals surface area (Å²) in [7, 11) is 0. The molecule has 29 heavy (non-hydrogen) atoms. The highest BCUT2D eigenvalue weighted by molar-refractivity contribution is 5.33. The van der Waals surface area contributed by atoms with E-state index in [-0.39, 0.29) is 17.3 Å². The number of nitrogens with zero attached hydrogens (tertiary/aromatic N) is 2. The van der Waals surface area contributed by atoms with Gasteiger partial charge in [-0.25, -0.2) is 4.79 Å². The van der Waals surface area contributed by atoms with Crippen molar-refractivity contribution >= 4 is 0 Å². The van der Waals surface area contributed by atoms with Crippen LogP contribution in [0, 0.1) is 6.92 Å². The molecule has 150 valence electrons. The average molecular weight is 391 g/mol. The predicted octanol–water partition coefficient (Wildman–Crippen LogP) is 3.47. The lowest BCUT2D eigenvalue weighted by molar-refractivity contribution is 0.167. The average Bonchev–Trinajstić information content (AvgIpc) is 2.73. The normalized spacial score (nSPS) is 17.2. The smallest absolute Gasteiger partial charge is 0.328 e. The van der Waals surface area contributed by atoms with Gasteiger partial charge >= 0.3 is 5.69 Å². The molecular weight excluding hydrogens is 366 g/mol. The Kier molecular flexibility index (Phi) is 5.62. The Morgan fingerprint density at radius 2 is 1.76 bits per heavy atom. The van der Waals surface area contributed by atoms with Crippen molar-refractivity contribution < 1.29 is 4.74 Å². The molecule has 1 atom stereocenters. The van der Waals surface area contributed by atoms with Crippen molar-refractivity contribution in [1.82, 2.24) is 14.5 Å². The zero-order valence-corrected chi connectivity index (χ0v) is 16.5. The molecule has 0 unspecified atom stereocenters. The van der Waals surface area contributed by atoms with Crippen LogP contribution in [-0.2, 0) is 6.54 Å². The fourth-order valence-corrected chi connectivity index (χ4v) is 3.80. The second-order valence-corrected chi connectivity index (χ2v) is 7.57. The van der Waals surface area contributed by atoms with Crippen molar-refractivity contribution in [2.45, 2.75) is 32.4 Å². The number of nitrogens with one attached hydrogen (secondary N) is 1. The van der Waals surface area contributed by atoms with Crippen LogP contribution in [0.4, 0.5) is 0 Å². The molecule has 0 spiro atoms. The molecule has 1 aliphatic rings. The highest BCUT2D eigenvalue weighted by atomic mass is 16.5. The number of aromatic nitrogens is 2. The van der Waals surface area contributed by atoms with Gasteiger partial charge in [0.2, 0.25) is 0 Å². The second kappa shape index (κ2) is 8.49. The first-order chi connectivity index (χ1) is 14.1. The molecule has 6 heteroatoms. The van der Waals surface area contributed by atoms with Crippen molar-refractivity contribution in [2.24, 2.45) is 0 Å². The lowest BCUT2D eigenvalue weighted by Crippen LogP contribution is -2.41. The van der Waals surface area contributed by atoms with Gasteiger partial charge in [-0.05, 0) is 56.1 Å². The summed E-state index contributed by atoms with van der Waals surface area (Å²) >= 11 is 0. The van der Waals surface area contributed by atoms with Crippen LogP contribution in [0.2, 0.25) is 0 Å². The summed E-state index contributed by atoms with van der Waals surface area (Å²) in [5.41, 5.74) is 1.14. The SMILES string of the molecule is Cc1cn([C@H]2CCCN(Cc3ccc(Oc4ccccc4)cc3)C2)c(=O)[nH]c1=O. The minimum atomic E-state index is -0.324. The maximum Gasteiger partial charge on any atom is 0.328 e. The Labute approximate surface area is 169 Å². The van der Waals surface area contributed by atoms with Crippen LogP contribution < -0.4 is 16.0 Å². The Hall–Kier alpha value is -3.12. The fraction of sp³-hybridized carbons (Fsp3) is 0.304. The third kappa shape index (κ3) is 4.66. The quantitative estimate of drug-likeness (QED) is 0.723. The maximum atomic E-state index is 12.2. The van der Waals surface area contributed by atoms with Crippen LogP contribution in [0.3, 0.4) is 0 Å². The summed E-state index contributed by atoms with van der Waals surface area (Å²) in [6.07, 6.45) is 3.64. The molecule has 2 heterocycles. The maximum absolute atomic E-state index is 12.2. The van der Waals surface area contributed by atoms with Gasteiger partial charge in [-0.2, -0.15) is 0 Å². The van der Waals surface area contributed by atoms with Crippen LogP contribution in [0.25, 0.3) is 0 Å². The van der Waals surface area contributed by atoms with Crippen molar-refractivity contribution in [1.29, 1.82) is 0 Å². The van der Waals surface area contributed by atoms with Gasteiger partial charge in [0.15, 0.2) is 0 Å². The molecule has 1 aromatic heterocycles. The van der Waals surface area contributed by atoms with Gasteiger partial charge in [0.25, 0.3) is 5.56 Å². The standard InChI is InChI=1S/C23H25N3O3/c1-17-14-26(23(28)24-22(17)27)19-6-5-13-25(16-19)15-18-9-11-21(12-10-18)29-20-7-3-2-4-8-20/h2-4,7-12,14,19H,5-6,13,15-16H2,1H3,(H,24,27,28)/t19-/m0/s1. The van der Waals surface area contributed by atoms with Crippen LogP contribution in [0.1, 0.15) is 30.0 Å². The first-order valence-corrected chi connectivity index (χ1v) is 9.95. The van der Waals surface area contributed by atoms with Gasteiger partial charge in [0, 0.05) is 24.8 Å². The summed E-state index contributed by atoms with van der Waals surface area (Å²) in [6, 6.07) is 17.9. The van der Waals surface area contributed by atoms with Gasteiger partial charge in [-0.1, -0.05) is 30.3 Å². The number of H-pyrrole nitrogens is 1. The number of benzene rings is 2. The van der Waals surface area contributed by atoms with Crippen LogP contribution >= 0.6 is 0 Å². The largest absolute Gasteiger partial charge is 0.457 e. The number of aromatic amines is 1. The lowest BCUT2D eigenvalue weighted by Gasteiger charge is -2.33. The Bertz CT molecular complexity index is 1070. The van der Waals surface area contributed by atoms with Crippen molar-refractivity contribution in [3.8, 4) is 11.5 Å². The van der Waals surface area contributed by atoms with E-state index in [1.807, 2.05) is 42.5 Å². The third-order valence-electron chi connectivity index (χ3n) is 5.33. The molecule has 1 N–H and O–H groups in total. The zero-order chi connectivity index (χ0) is 20.2. The van der Waals surface area contributed by atoms with E-state index in [0.29, 0.717) is 5.56 Å². The lowest BCUT2D eigenvalue weighted by atomic mass is 10.0. The van der Waals surface area contributed by atoms with Crippen molar-refractivity contribution in [2.75, 3.05) is 13.1 Å². The number of hydrogen-bond acceptors (Lipinski definition) is 4. The molecule has 1 saturated heterocycles. The van der Waals surface area contributed by atoms with E-state index in [1.165, 1.54) is 5.56 Å². The number of likely N-dealkylation sites (tertiary alicyclic amines) is 1. The Balaban J connectivity index is 1.41.